The highest BCUT2D eigenvalue weighted by Gasteiger charge is 2.25. The van der Waals surface area contributed by atoms with Crippen LogP contribution in [0.2, 0.25) is 0 Å². The van der Waals surface area contributed by atoms with E-state index in [1.54, 1.807) is 0 Å². The van der Waals surface area contributed by atoms with Crippen LogP contribution in [0.5, 0.6) is 0 Å². The van der Waals surface area contributed by atoms with E-state index in [2.05, 4.69) is 36.4 Å². The molecule has 4 nitrogen and oxygen atoms in total. The van der Waals surface area contributed by atoms with Crippen LogP contribution in [0, 0.1) is 6.92 Å². The largest absolute Gasteiger partial charge is 0.447 e. The van der Waals surface area contributed by atoms with Gasteiger partial charge in [-0.05, 0) is 6.92 Å². The van der Waals surface area contributed by atoms with E-state index in [0.717, 1.165) is 4.90 Å². The molecule has 2 rings (SSSR count). The van der Waals surface area contributed by atoms with Crippen molar-refractivity contribution in [3.63, 3.8) is 0 Å². The van der Waals surface area contributed by atoms with Gasteiger partial charge in [0.2, 0.25) is 0 Å². The highest BCUT2D eigenvalue weighted by atomic mass is 32.1. The molecule has 0 aliphatic carbocycles. The van der Waals surface area contributed by atoms with Crippen molar-refractivity contribution in [1.82, 2.24) is 4.90 Å². The standard InChI is InChI=1S/C7H8.C4H5NO3S/c1-7-5-3-2-4-6-7;6-3-5(4(7)9)1-2-8-3/h2-6H,1H3;1-2H2,(H,7,9). The Bertz CT molecular complexity index is 367. The molecule has 5 heteroatoms. The fourth-order valence-electron chi connectivity index (χ4n) is 1.10. The number of cyclic esters (lactones) is 1. The first-order valence-electron chi connectivity index (χ1n) is 4.80. The van der Waals surface area contributed by atoms with Crippen LogP contribution in [-0.4, -0.2) is 29.4 Å². The van der Waals surface area contributed by atoms with E-state index in [9.17, 15) is 9.59 Å². The second-order valence-electron chi connectivity index (χ2n) is 3.20. The molecule has 0 radical (unpaired) electrons. The Kier molecular flexibility index (Phi) is 4.85. The van der Waals surface area contributed by atoms with Crippen molar-refractivity contribution in [3.05, 3.63) is 35.9 Å². The molecular formula is C11H13NO3S. The summed E-state index contributed by atoms with van der Waals surface area (Å²) in [4.78, 5) is 21.7. The molecule has 1 aromatic carbocycles. The maximum absolute atomic E-state index is 10.4. The molecule has 1 saturated heterocycles. The summed E-state index contributed by atoms with van der Waals surface area (Å²) in [5.74, 6) is 0. The Hall–Kier alpha value is -1.49. The first-order chi connectivity index (χ1) is 7.61. The number of imide groups is 1. The fraction of sp³-hybridized carbons (Fsp3) is 0.273. The molecule has 0 bridgehead atoms. The van der Waals surface area contributed by atoms with Crippen LogP contribution < -0.4 is 0 Å². The average Bonchev–Trinajstić information content (AvgIpc) is 2.66. The number of hydrogen-bond donors (Lipinski definition) is 1. The van der Waals surface area contributed by atoms with Gasteiger partial charge < -0.3 is 4.74 Å². The number of carbonyl (C=O) groups is 2. The van der Waals surface area contributed by atoms with Gasteiger partial charge in [-0.1, -0.05) is 48.5 Å². The first-order valence-corrected chi connectivity index (χ1v) is 5.25. The van der Waals surface area contributed by atoms with Crippen LogP contribution >= 0.6 is 12.6 Å². The van der Waals surface area contributed by atoms with Gasteiger partial charge in [0, 0.05) is 0 Å². The molecular weight excluding hydrogens is 226 g/mol. The summed E-state index contributed by atoms with van der Waals surface area (Å²) in [6.45, 7) is 2.69. The summed E-state index contributed by atoms with van der Waals surface area (Å²) in [5, 5.41) is -0.558. The van der Waals surface area contributed by atoms with Crippen LogP contribution in [-0.2, 0) is 4.74 Å². The van der Waals surface area contributed by atoms with Gasteiger partial charge in [-0.2, -0.15) is 0 Å². The number of carbonyl (C=O) groups excluding carboxylic acids is 2. The molecule has 1 aromatic rings. The number of benzene rings is 1. The lowest BCUT2D eigenvalue weighted by Crippen LogP contribution is -2.26. The summed E-state index contributed by atoms with van der Waals surface area (Å²) in [7, 11) is 0. The Morgan fingerprint density at radius 1 is 1.38 bits per heavy atom. The van der Waals surface area contributed by atoms with E-state index < -0.39 is 11.3 Å². The smallest absolute Gasteiger partial charge is 0.417 e. The van der Waals surface area contributed by atoms with E-state index in [1.807, 2.05) is 18.2 Å². The SMILES string of the molecule is Cc1ccccc1.O=C(S)N1CCOC1=O. The lowest BCUT2D eigenvalue weighted by Gasteiger charge is -2.03. The molecule has 0 N–H and O–H groups in total. The zero-order valence-electron chi connectivity index (χ0n) is 8.92. The average molecular weight is 239 g/mol. The molecule has 0 unspecified atom stereocenters. The zero-order chi connectivity index (χ0) is 12.0. The summed E-state index contributed by atoms with van der Waals surface area (Å²) in [6.07, 6.45) is -0.602. The van der Waals surface area contributed by atoms with E-state index in [0.29, 0.717) is 6.54 Å². The second-order valence-corrected chi connectivity index (χ2v) is 3.59. The molecule has 0 aromatic heterocycles. The predicted molar refractivity (Wildman–Crippen MR) is 63.6 cm³/mol. The Morgan fingerprint density at radius 2 is 2.00 bits per heavy atom. The maximum atomic E-state index is 10.4. The minimum absolute atomic E-state index is 0.283. The van der Waals surface area contributed by atoms with Gasteiger partial charge in [-0.3, -0.25) is 4.79 Å². The van der Waals surface area contributed by atoms with E-state index in [1.165, 1.54) is 5.56 Å². The van der Waals surface area contributed by atoms with Crippen molar-refractivity contribution in [1.29, 1.82) is 0 Å². The van der Waals surface area contributed by atoms with E-state index in [4.69, 9.17) is 0 Å². The van der Waals surface area contributed by atoms with Crippen molar-refractivity contribution in [2.24, 2.45) is 0 Å². The van der Waals surface area contributed by atoms with Crippen molar-refractivity contribution in [2.45, 2.75) is 6.92 Å². The zero-order valence-corrected chi connectivity index (χ0v) is 9.81. The summed E-state index contributed by atoms with van der Waals surface area (Å²) >= 11 is 3.44. The second kappa shape index (κ2) is 6.17. The Morgan fingerprint density at radius 3 is 2.25 bits per heavy atom. The summed E-state index contributed by atoms with van der Waals surface area (Å²) in [5.41, 5.74) is 1.32. The van der Waals surface area contributed by atoms with Gasteiger partial charge in [-0.25, -0.2) is 9.69 Å². The summed E-state index contributed by atoms with van der Waals surface area (Å²) in [6, 6.07) is 10.3. The Labute approximate surface area is 99.6 Å². The minimum atomic E-state index is -0.602. The minimum Gasteiger partial charge on any atom is -0.447 e. The number of nitrogens with zero attached hydrogens (tertiary/aromatic N) is 1. The predicted octanol–water partition coefficient (Wildman–Crippen LogP) is 2.48. The highest BCUT2D eigenvalue weighted by Crippen LogP contribution is 2.05. The van der Waals surface area contributed by atoms with Crippen LogP contribution in [0.25, 0.3) is 0 Å². The molecule has 86 valence electrons. The molecule has 2 amide bonds. The van der Waals surface area contributed by atoms with Gasteiger partial charge in [0.05, 0.1) is 6.54 Å². The van der Waals surface area contributed by atoms with Crippen LogP contribution in [0.1, 0.15) is 5.56 Å². The molecule has 0 atom stereocenters. The lowest BCUT2D eigenvalue weighted by molar-refractivity contribution is 0.163. The van der Waals surface area contributed by atoms with Crippen molar-refractivity contribution >= 4 is 24.0 Å². The molecule has 1 heterocycles. The van der Waals surface area contributed by atoms with Gasteiger partial charge in [0.15, 0.2) is 0 Å². The third-order valence-corrected chi connectivity index (χ3v) is 2.17. The third-order valence-electron chi connectivity index (χ3n) is 1.93. The summed E-state index contributed by atoms with van der Waals surface area (Å²) < 4.78 is 4.44. The number of thiol groups is 1. The fourth-order valence-corrected chi connectivity index (χ4v) is 1.28. The number of rotatable bonds is 0. The van der Waals surface area contributed by atoms with Crippen molar-refractivity contribution < 1.29 is 14.3 Å². The van der Waals surface area contributed by atoms with Gasteiger partial charge in [0.25, 0.3) is 5.24 Å². The van der Waals surface area contributed by atoms with Crippen molar-refractivity contribution in [2.75, 3.05) is 13.2 Å². The van der Waals surface area contributed by atoms with Crippen LogP contribution in [0.4, 0.5) is 9.59 Å². The number of aryl methyl sites for hydroxylation is 1. The number of hydrogen-bond acceptors (Lipinski definition) is 3. The lowest BCUT2D eigenvalue weighted by atomic mass is 10.2. The molecule has 1 fully saturated rings. The van der Waals surface area contributed by atoms with Crippen molar-refractivity contribution in [3.8, 4) is 0 Å². The van der Waals surface area contributed by atoms with Gasteiger partial charge >= 0.3 is 6.09 Å². The van der Waals surface area contributed by atoms with Crippen LogP contribution in [0.15, 0.2) is 30.3 Å². The molecule has 1 aliphatic rings. The molecule has 0 saturated carbocycles. The maximum Gasteiger partial charge on any atom is 0.417 e. The monoisotopic (exact) mass is 239 g/mol. The highest BCUT2D eigenvalue weighted by molar-refractivity contribution is 7.96. The molecule has 0 spiro atoms. The number of ether oxygens (including phenoxy) is 1. The quantitative estimate of drug-likeness (QED) is 0.707. The Balaban J connectivity index is 0.000000165. The third kappa shape index (κ3) is 3.94. The normalized spacial score (nSPS) is 13.9. The van der Waals surface area contributed by atoms with E-state index >= 15 is 0 Å². The van der Waals surface area contributed by atoms with Gasteiger partial charge in [-0.15, -0.1) is 0 Å². The topological polar surface area (TPSA) is 46.6 Å². The van der Waals surface area contributed by atoms with E-state index in [-0.39, 0.29) is 6.61 Å². The molecule has 16 heavy (non-hydrogen) atoms. The number of amides is 2. The van der Waals surface area contributed by atoms with Gasteiger partial charge in [0.1, 0.15) is 6.61 Å². The first kappa shape index (κ1) is 12.6. The molecule has 1 aliphatic heterocycles. The van der Waals surface area contributed by atoms with Crippen LogP contribution in [0.3, 0.4) is 0 Å².